The molecule has 0 radical (unpaired) electrons. The first-order chi connectivity index (χ1) is 12.9. The molecule has 1 heterocycles. The molecule has 0 aliphatic rings. The van der Waals surface area contributed by atoms with Gasteiger partial charge in [-0.1, -0.05) is 18.2 Å². The highest BCUT2D eigenvalue weighted by atomic mass is 32.2. The molecule has 2 N–H and O–H groups in total. The molecule has 0 spiro atoms. The zero-order valence-corrected chi connectivity index (χ0v) is 14.9. The third-order valence-electron chi connectivity index (χ3n) is 3.66. The average molecular weight is 385 g/mol. The van der Waals surface area contributed by atoms with Crippen molar-refractivity contribution in [1.29, 1.82) is 0 Å². The number of nitrogens with one attached hydrogen (secondary N) is 2. The van der Waals surface area contributed by atoms with Crippen molar-refractivity contribution in [3.8, 4) is 0 Å². The Morgan fingerprint density at radius 1 is 1.04 bits per heavy atom. The van der Waals surface area contributed by atoms with Gasteiger partial charge < -0.3 is 5.32 Å². The summed E-state index contributed by atoms with van der Waals surface area (Å²) >= 11 is 0. The van der Waals surface area contributed by atoms with Crippen LogP contribution < -0.4 is 10.0 Å². The molecular formula is C19H16FN3O3S. The maximum atomic E-state index is 13.2. The van der Waals surface area contributed by atoms with Crippen LogP contribution in [0.2, 0.25) is 0 Å². The van der Waals surface area contributed by atoms with Crippen LogP contribution in [-0.2, 0) is 16.6 Å². The van der Waals surface area contributed by atoms with Crippen LogP contribution in [0.25, 0.3) is 0 Å². The molecule has 8 heteroatoms. The number of halogens is 1. The maximum Gasteiger partial charge on any atom is 0.261 e. The summed E-state index contributed by atoms with van der Waals surface area (Å²) in [4.78, 5) is 16.2. The van der Waals surface area contributed by atoms with Crippen molar-refractivity contribution < 1.29 is 17.6 Å². The normalized spacial score (nSPS) is 11.0. The number of pyridine rings is 1. The van der Waals surface area contributed by atoms with E-state index in [-0.39, 0.29) is 22.7 Å². The largest absolute Gasteiger partial charge is 0.348 e. The first-order valence-electron chi connectivity index (χ1n) is 7.99. The molecule has 0 aliphatic carbocycles. The summed E-state index contributed by atoms with van der Waals surface area (Å²) < 4.78 is 40.5. The summed E-state index contributed by atoms with van der Waals surface area (Å²) in [5.74, 6) is -0.972. The third-order valence-corrected chi connectivity index (χ3v) is 5.04. The predicted molar refractivity (Wildman–Crippen MR) is 99.1 cm³/mol. The number of sulfonamides is 1. The van der Waals surface area contributed by atoms with E-state index in [0.717, 1.165) is 11.6 Å². The van der Waals surface area contributed by atoms with Crippen molar-refractivity contribution in [2.24, 2.45) is 0 Å². The van der Waals surface area contributed by atoms with Gasteiger partial charge in [0, 0.05) is 24.5 Å². The number of carbonyl (C=O) groups is 1. The van der Waals surface area contributed by atoms with E-state index in [9.17, 15) is 17.6 Å². The molecule has 0 unspecified atom stereocenters. The molecule has 6 nitrogen and oxygen atoms in total. The van der Waals surface area contributed by atoms with Crippen LogP contribution in [0.1, 0.15) is 15.9 Å². The Balaban J connectivity index is 1.75. The fourth-order valence-electron chi connectivity index (χ4n) is 2.36. The van der Waals surface area contributed by atoms with E-state index in [1.807, 2.05) is 6.07 Å². The van der Waals surface area contributed by atoms with Crippen LogP contribution in [0, 0.1) is 5.82 Å². The summed E-state index contributed by atoms with van der Waals surface area (Å²) in [5.41, 5.74) is 1.12. The molecule has 0 atom stereocenters. The molecule has 2 aromatic carbocycles. The van der Waals surface area contributed by atoms with Crippen molar-refractivity contribution in [1.82, 2.24) is 10.3 Å². The highest BCUT2D eigenvalue weighted by Gasteiger charge is 2.17. The Kier molecular flexibility index (Phi) is 5.46. The Morgan fingerprint density at radius 2 is 1.85 bits per heavy atom. The van der Waals surface area contributed by atoms with Gasteiger partial charge in [0.05, 0.1) is 10.6 Å². The summed E-state index contributed by atoms with van der Waals surface area (Å²) in [6, 6.07) is 14.3. The number of carbonyl (C=O) groups excluding carboxylic acids is 1. The standard InChI is InChI=1S/C19H16FN3O3S/c20-16-6-2-7-17(11-16)23-27(25,26)18-8-1-5-15(10-18)19(24)22-13-14-4-3-9-21-12-14/h1-12,23H,13H2,(H,22,24). The molecule has 3 rings (SSSR count). The average Bonchev–Trinajstić information content (AvgIpc) is 2.67. The number of benzene rings is 2. The summed E-state index contributed by atoms with van der Waals surface area (Å²) in [6.45, 7) is 0.269. The molecule has 138 valence electrons. The van der Waals surface area contributed by atoms with E-state index in [2.05, 4.69) is 15.0 Å². The minimum Gasteiger partial charge on any atom is -0.348 e. The van der Waals surface area contributed by atoms with Crippen molar-refractivity contribution in [3.63, 3.8) is 0 Å². The lowest BCUT2D eigenvalue weighted by atomic mass is 10.2. The van der Waals surface area contributed by atoms with E-state index in [1.54, 1.807) is 18.5 Å². The molecule has 3 aromatic rings. The second-order valence-electron chi connectivity index (χ2n) is 5.69. The Bertz CT molecular complexity index is 1060. The quantitative estimate of drug-likeness (QED) is 0.683. The van der Waals surface area contributed by atoms with Gasteiger partial charge >= 0.3 is 0 Å². The molecule has 1 amide bonds. The Morgan fingerprint density at radius 3 is 2.59 bits per heavy atom. The monoisotopic (exact) mass is 385 g/mol. The molecule has 0 saturated carbocycles. The number of rotatable bonds is 6. The molecule has 0 saturated heterocycles. The minimum atomic E-state index is -3.96. The van der Waals surface area contributed by atoms with Gasteiger partial charge in [0.1, 0.15) is 5.82 Å². The lowest BCUT2D eigenvalue weighted by molar-refractivity contribution is 0.0950. The zero-order chi connectivity index (χ0) is 19.3. The highest BCUT2D eigenvalue weighted by Crippen LogP contribution is 2.18. The van der Waals surface area contributed by atoms with Gasteiger partial charge in [0.2, 0.25) is 0 Å². The molecular weight excluding hydrogens is 369 g/mol. The van der Waals surface area contributed by atoms with Gasteiger partial charge in [-0.15, -0.1) is 0 Å². The van der Waals surface area contributed by atoms with Crippen LogP contribution in [0.4, 0.5) is 10.1 Å². The van der Waals surface area contributed by atoms with Crippen molar-refractivity contribution in [2.75, 3.05) is 4.72 Å². The maximum absolute atomic E-state index is 13.2. The highest BCUT2D eigenvalue weighted by molar-refractivity contribution is 7.92. The Hall–Kier alpha value is -3.26. The van der Waals surface area contributed by atoms with Crippen LogP contribution >= 0.6 is 0 Å². The number of anilines is 1. The van der Waals surface area contributed by atoms with Crippen molar-refractivity contribution in [3.05, 3.63) is 90.0 Å². The van der Waals surface area contributed by atoms with Gasteiger partial charge in [0.25, 0.3) is 15.9 Å². The molecule has 27 heavy (non-hydrogen) atoms. The molecule has 0 fully saturated rings. The van der Waals surface area contributed by atoms with E-state index in [1.165, 1.54) is 42.5 Å². The third kappa shape index (κ3) is 4.89. The lowest BCUT2D eigenvalue weighted by Gasteiger charge is -2.10. The van der Waals surface area contributed by atoms with Crippen molar-refractivity contribution >= 4 is 21.6 Å². The van der Waals surface area contributed by atoms with Gasteiger partial charge in [-0.05, 0) is 48.0 Å². The second-order valence-corrected chi connectivity index (χ2v) is 7.37. The number of amides is 1. The minimum absolute atomic E-state index is 0.0965. The van der Waals surface area contributed by atoms with Crippen LogP contribution in [0.15, 0.2) is 78.0 Å². The molecule has 0 aliphatic heterocycles. The van der Waals surface area contributed by atoms with E-state index in [4.69, 9.17) is 0 Å². The van der Waals surface area contributed by atoms with Crippen LogP contribution in [0.3, 0.4) is 0 Å². The van der Waals surface area contributed by atoms with E-state index >= 15 is 0 Å². The van der Waals surface area contributed by atoms with Crippen molar-refractivity contribution in [2.45, 2.75) is 11.4 Å². The van der Waals surface area contributed by atoms with Gasteiger partial charge in [0.15, 0.2) is 0 Å². The smallest absolute Gasteiger partial charge is 0.261 e. The van der Waals surface area contributed by atoms with Crippen LogP contribution in [0.5, 0.6) is 0 Å². The van der Waals surface area contributed by atoms with E-state index < -0.39 is 21.7 Å². The second kappa shape index (κ2) is 7.96. The number of hydrogen-bond donors (Lipinski definition) is 2. The number of hydrogen-bond acceptors (Lipinski definition) is 4. The Labute approximate surface area is 156 Å². The van der Waals surface area contributed by atoms with E-state index in [0.29, 0.717) is 0 Å². The first-order valence-corrected chi connectivity index (χ1v) is 9.48. The van der Waals surface area contributed by atoms with Crippen LogP contribution in [-0.4, -0.2) is 19.3 Å². The zero-order valence-electron chi connectivity index (χ0n) is 14.1. The fourth-order valence-corrected chi connectivity index (χ4v) is 3.45. The van der Waals surface area contributed by atoms with Gasteiger partial charge in [-0.25, -0.2) is 12.8 Å². The lowest BCUT2D eigenvalue weighted by Crippen LogP contribution is -2.23. The van der Waals surface area contributed by atoms with Gasteiger partial charge in [-0.2, -0.15) is 0 Å². The topological polar surface area (TPSA) is 88.2 Å². The first kappa shape index (κ1) is 18.5. The summed E-state index contributed by atoms with van der Waals surface area (Å²) in [6.07, 6.45) is 3.26. The fraction of sp³-hybridized carbons (Fsp3) is 0.0526. The SMILES string of the molecule is O=C(NCc1cccnc1)c1cccc(S(=O)(=O)Nc2cccc(F)c2)c1. The van der Waals surface area contributed by atoms with Gasteiger partial charge in [-0.3, -0.25) is 14.5 Å². The summed E-state index contributed by atoms with van der Waals surface area (Å²) in [7, 11) is -3.96. The predicted octanol–water partition coefficient (Wildman–Crippen LogP) is 2.95. The molecule has 0 bridgehead atoms. The molecule has 1 aromatic heterocycles. The number of aromatic nitrogens is 1. The summed E-state index contributed by atoms with van der Waals surface area (Å²) in [5, 5.41) is 2.71. The number of nitrogens with zero attached hydrogens (tertiary/aromatic N) is 1.